The van der Waals surface area contributed by atoms with Gasteiger partial charge < -0.3 is 9.30 Å². The molecule has 0 aliphatic heterocycles. The Morgan fingerprint density at radius 1 is 1.08 bits per heavy atom. The number of nitrogens with zero attached hydrogens (tertiary/aromatic N) is 1. The van der Waals surface area contributed by atoms with Gasteiger partial charge in [0.1, 0.15) is 11.6 Å². The van der Waals surface area contributed by atoms with Gasteiger partial charge in [0, 0.05) is 23.7 Å². The van der Waals surface area contributed by atoms with Crippen molar-refractivity contribution in [1.29, 1.82) is 0 Å². The van der Waals surface area contributed by atoms with Crippen molar-refractivity contribution in [3.8, 4) is 16.9 Å². The number of ether oxygens (including phenoxy) is 1. The van der Waals surface area contributed by atoms with E-state index in [4.69, 9.17) is 4.74 Å². The molecule has 132 valence electrons. The highest BCUT2D eigenvalue weighted by molar-refractivity contribution is 9.10. The molecule has 26 heavy (non-hydrogen) atoms. The highest BCUT2D eigenvalue weighted by Crippen LogP contribution is 2.36. The second-order valence-corrected chi connectivity index (χ2v) is 8.25. The molecule has 4 rings (SSSR count). The highest BCUT2D eigenvalue weighted by Gasteiger charge is 2.11. The van der Waals surface area contributed by atoms with E-state index in [1.807, 2.05) is 18.2 Å². The quantitative estimate of drug-likeness (QED) is 0.354. The van der Waals surface area contributed by atoms with Gasteiger partial charge >= 0.3 is 0 Å². The molecule has 0 aliphatic carbocycles. The fraction of sp³-hybridized carbons (Fsp3) is 0.143. The Kier molecular flexibility index (Phi) is 4.59. The van der Waals surface area contributed by atoms with Gasteiger partial charge in [-0.2, -0.15) is 0 Å². The zero-order valence-corrected chi connectivity index (χ0v) is 16.8. The van der Waals surface area contributed by atoms with Crippen LogP contribution in [0.1, 0.15) is 10.4 Å². The molecular formula is C21H17BrFNOS. The molecule has 0 saturated carbocycles. The van der Waals surface area contributed by atoms with Crippen LogP contribution in [0.5, 0.6) is 5.75 Å². The molecule has 0 aliphatic rings. The molecule has 5 heteroatoms. The van der Waals surface area contributed by atoms with Crippen LogP contribution in [-0.2, 0) is 6.54 Å². The van der Waals surface area contributed by atoms with Crippen LogP contribution in [0.4, 0.5) is 4.39 Å². The third-order valence-corrected chi connectivity index (χ3v) is 6.75. The average molecular weight is 430 g/mol. The van der Waals surface area contributed by atoms with Crippen molar-refractivity contribution < 1.29 is 9.13 Å². The number of aromatic nitrogens is 1. The Balaban J connectivity index is 1.63. The van der Waals surface area contributed by atoms with E-state index in [9.17, 15) is 4.39 Å². The predicted octanol–water partition coefficient (Wildman–Crippen LogP) is 6.64. The van der Waals surface area contributed by atoms with Gasteiger partial charge in [-0.3, -0.25) is 0 Å². The highest BCUT2D eigenvalue weighted by atomic mass is 79.9. The maximum Gasteiger partial charge on any atom is 0.127 e. The van der Waals surface area contributed by atoms with Crippen LogP contribution in [0.15, 0.2) is 59.2 Å². The third-order valence-electron chi connectivity index (χ3n) is 4.45. The first-order chi connectivity index (χ1) is 12.5. The standard InChI is InChI=1S/C21H17BrFNOS/c1-13-20(22)21-19(26-13)7-8-24(21)12-14-3-5-15(6-4-14)16-9-17(23)11-18(10-16)25-2/h3-11H,12H2,1-2H3. The van der Waals surface area contributed by atoms with E-state index >= 15 is 0 Å². The van der Waals surface area contributed by atoms with Crippen LogP contribution in [0.25, 0.3) is 21.3 Å². The third kappa shape index (κ3) is 3.17. The fourth-order valence-electron chi connectivity index (χ4n) is 3.12. The summed E-state index contributed by atoms with van der Waals surface area (Å²) in [5.41, 5.74) is 4.22. The first kappa shape index (κ1) is 17.3. The van der Waals surface area contributed by atoms with E-state index in [0.717, 1.165) is 17.7 Å². The van der Waals surface area contributed by atoms with E-state index < -0.39 is 0 Å². The van der Waals surface area contributed by atoms with Crippen LogP contribution >= 0.6 is 27.3 Å². The lowest BCUT2D eigenvalue weighted by Crippen LogP contribution is -1.97. The Morgan fingerprint density at radius 2 is 1.85 bits per heavy atom. The molecule has 2 aromatic carbocycles. The lowest BCUT2D eigenvalue weighted by molar-refractivity contribution is 0.411. The lowest BCUT2D eigenvalue weighted by Gasteiger charge is -2.09. The zero-order chi connectivity index (χ0) is 18.3. The van der Waals surface area contributed by atoms with Gasteiger partial charge in [-0.05, 0) is 57.7 Å². The molecule has 0 saturated heterocycles. The van der Waals surface area contributed by atoms with Crippen molar-refractivity contribution in [3.05, 3.63) is 75.5 Å². The normalized spacial score (nSPS) is 11.2. The first-order valence-electron chi connectivity index (χ1n) is 8.23. The van der Waals surface area contributed by atoms with E-state index in [-0.39, 0.29) is 5.82 Å². The van der Waals surface area contributed by atoms with Crippen molar-refractivity contribution in [2.24, 2.45) is 0 Å². The Bertz CT molecular complexity index is 1080. The lowest BCUT2D eigenvalue weighted by atomic mass is 10.0. The van der Waals surface area contributed by atoms with Gasteiger partial charge in [-0.15, -0.1) is 11.3 Å². The smallest absolute Gasteiger partial charge is 0.127 e. The Morgan fingerprint density at radius 3 is 2.58 bits per heavy atom. The summed E-state index contributed by atoms with van der Waals surface area (Å²) in [4.78, 5) is 1.29. The van der Waals surface area contributed by atoms with E-state index in [2.05, 4.69) is 51.8 Å². The molecule has 2 aromatic heterocycles. The van der Waals surface area contributed by atoms with Crippen molar-refractivity contribution in [3.63, 3.8) is 0 Å². The SMILES string of the molecule is COc1cc(F)cc(-c2ccc(Cn3ccc4sc(C)c(Br)c43)cc2)c1. The van der Waals surface area contributed by atoms with E-state index in [1.165, 1.54) is 37.3 Å². The maximum atomic E-state index is 13.7. The van der Waals surface area contributed by atoms with Gasteiger partial charge in [-0.1, -0.05) is 24.3 Å². The van der Waals surface area contributed by atoms with Crippen LogP contribution in [0.3, 0.4) is 0 Å². The molecule has 0 spiro atoms. The summed E-state index contributed by atoms with van der Waals surface area (Å²) in [7, 11) is 1.55. The number of thiophene rings is 1. The maximum absolute atomic E-state index is 13.7. The number of hydrogen-bond acceptors (Lipinski definition) is 2. The molecule has 2 heterocycles. The molecule has 0 unspecified atom stereocenters. The number of fused-ring (bicyclic) bond motifs is 1. The summed E-state index contributed by atoms with van der Waals surface area (Å²) in [5, 5.41) is 0. The summed E-state index contributed by atoms with van der Waals surface area (Å²) in [5.74, 6) is 0.229. The van der Waals surface area contributed by atoms with Gasteiger partial charge in [0.2, 0.25) is 0 Å². The van der Waals surface area contributed by atoms with Crippen molar-refractivity contribution in [2.45, 2.75) is 13.5 Å². The summed E-state index contributed by atoms with van der Waals surface area (Å²) < 4.78 is 23.6. The summed E-state index contributed by atoms with van der Waals surface area (Å²) >= 11 is 5.50. The molecule has 4 aromatic rings. The largest absolute Gasteiger partial charge is 0.497 e. The monoisotopic (exact) mass is 429 g/mol. The number of rotatable bonds is 4. The second-order valence-electron chi connectivity index (χ2n) is 6.21. The van der Waals surface area contributed by atoms with Gasteiger partial charge in [0.05, 0.1) is 21.8 Å². The molecule has 0 atom stereocenters. The Labute approximate surface area is 164 Å². The molecule has 0 fully saturated rings. The van der Waals surface area contributed by atoms with Crippen LogP contribution < -0.4 is 4.74 Å². The van der Waals surface area contributed by atoms with Crippen LogP contribution in [-0.4, -0.2) is 11.7 Å². The van der Waals surface area contributed by atoms with Crippen molar-refractivity contribution >= 4 is 37.5 Å². The predicted molar refractivity (Wildman–Crippen MR) is 110 cm³/mol. The van der Waals surface area contributed by atoms with Crippen molar-refractivity contribution in [1.82, 2.24) is 4.57 Å². The fourth-order valence-corrected chi connectivity index (χ4v) is 4.90. The first-order valence-corrected chi connectivity index (χ1v) is 9.84. The average Bonchev–Trinajstić information content (AvgIpc) is 3.15. The molecular weight excluding hydrogens is 413 g/mol. The minimum atomic E-state index is -0.296. The van der Waals surface area contributed by atoms with E-state index in [0.29, 0.717) is 5.75 Å². The minimum absolute atomic E-state index is 0.296. The van der Waals surface area contributed by atoms with Gasteiger partial charge in [0.15, 0.2) is 0 Å². The number of halogens is 2. The zero-order valence-electron chi connectivity index (χ0n) is 14.4. The topological polar surface area (TPSA) is 14.2 Å². The van der Waals surface area contributed by atoms with Gasteiger partial charge in [0.25, 0.3) is 0 Å². The van der Waals surface area contributed by atoms with Crippen LogP contribution in [0, 0.1) is 12.7 Å². The van der Waals surface area contributed by atoms with Crippen LogP contribution in [0.2, 0.25) is 0 Å². The second kappa shape index (κ2) is 6.89. The number of benzene rings is 2. The Hall–Kier alpha value is -2.11. The summed E-state index contributed by atoms with van der Waals surface area (Å²) in [6.07, 6.45) is 2.12. The molecule has 2 nitrogen and oxygen atoms in total. The summed E-state index contributed by atoms with van der Waals surface area (Å²) in [6, 6.07) is 15.1. The molecule has 0 bridgehead atoms. The van der Waals surface area contributed by atoms with Crippen molar-refractivity contribution in [2.75, 3.05) is 7.11 Å². The molecule has 0 radical (unpaired) electrons. The number of aryl methyl sites for hydroxylation is 1. The molecule has 0 amide bonds. The minimum Gasteiger partial charge on any atom is -0.497 e. The number of methoxy groups -OCH3 is 1. The summed E-state index contributed by atoms with van der Waals surface area (Å²) in [6.45, 7) is 2.92. The molecule has 0 N–H and O–H groups in total. The van der Waals surface area contributed by atoms with Gasteiger partial charge in [-0.25, -0.2) is 4.39 Å². The van der Waals surface area contributed by atoms with E-state index in [1.54, 1.807) is 18.4 Å². The number of hydrogen-bond donors (Lipinski definition) is 0.